The molecule has 10 heavy (non-hydrogen) atoms. The molecule has 0 bridgehead atoms. The van der Waals surface area contributed by atoms with Crippen molar-refractivity contribution in [2.24, 2.45) is 0 Å². The molecule has 0 aliphatic carbocycles. The Morgan fingerprint density at radius 1 is 1.70 bits per heavy atom. The van der Waals surface area contributed by atoms with Gasteiger partial charge in [0.15, 0.2) is 0 Å². The molecule has 0 aromatic carbocycles. The van der Waals surface area contributed by atoms with Crippen LogP contribution < -0.4 is 0 Å². The van der Waals surface area contributed by atoms with Crippen molar-refractivity contribution in [3.05, 3.63) is 0 Å². The van der Waals surface area contributed by atoms with Gasteiger partial charge >= 0.3 is 11.9 Å². The van der Waals surface area contributed by atoms with Crippen LogP contribution in [-0.4, -0.2) is 29.0 Å². The number of aliphatic carboxylic acids is 1. The van der Waals surface area contributed by atoms with Gasteiger partial charge in [0.2, 0.25) is 5.38 Å². The molecule has 1 atom stereocenters. The molecule has 0 saturated heterocycles. The fraction of sp³-hybridized carbons (Fsp3) is 0.600. The Balaban J connectivity index is 3.82. The molecular formula is C5H7ClO4. The number of alkyl halides is 1. The number of carboxylic acid groups (broad SMARTS) is 1. The largest absolute Gasteiger partial charge is 0.480 e. The first-order valence-corrected chi connectivity index (χ1v) is 3.06. The summed E-state index contributed by atoms with van der Waals surface area (Å²) in [5.41, 5.74) is 0. The van der Waals surface area contributed by atoms with Crippen molar-refractivity contribution in [3.8, 4) is 0 Å². The molecule has 0 fully saturated rings. The van der Waals surface area contributed by atoms with E-state index in [1.165, 1.54) is 0 Å². The molecule has 1 unspecified atom stereocenters. The fourth-order valence-electron chi connectivity index (χ4n) is 0.316. The maximum absolute atomic E-state index is 10.4. The minimum Gasteiger partial charge on any atom is -0.480 e. The summed E-state index contributed by atoms with van der Waals surface area (Å²) in [6.07, 6.45) is 0. The molecule has 1 N–H and O–H groups in total. The third-order valence-electron chi connectivity index (χ3n) is 0.710. The zero-order valence-corrected chi connectivity index (χ0v) is 6.09. The SMILES string of the molecule is CCOC(=O)C(Cl)C(=O)O. The topological polar surface area (TPSA) is 63.6 Å². The molecule has 4 nitrogen and oxygen atoms in total. The highest BCUT2D eigenvalue weighted by atomic mass is 35.5. The number of halogens is 1. The zero-order valence-electron chi connectivity index (χ0n) is 5.33. The molecule has 0 aromatic rings. The number of hydrogen-bond donors (Lipinski definition) is 1. The van der Waals surface area contributed by atoms with Crippen LogP contribution in [0.15, 0.2) is 0 Å². The minimum absolute atomic E-state index is 0.134. The number of carbonyl (C=O) groups is 2. The second kappa shape index (κ2) is 4.11. The monoisotopic (exact) mass is 166 g/mol. The third-order valence-corrected chi connectivity index (χ3v) is 1.08. The first-order chi connectivity index (χ1) is 4.59. The smallest absolute Gasteiger partial charge is 0.335 e. The Kier molecular flexibility index (Phi) is 3.79. The van der Waals surface area contributed by atoms with Gasteiger partial charge in [-0.1, -0.05) is 11.6 Å². The normalized spacial score (nSPS) is 12.2. The highest BCUT2D eigenvalue weighted by molar-refractivity contribution is 6.39. The van der Waals surface area contributed by atoms with Crippen LogP contribution in [0.5, 0.6) is 0 Å². The predicted octanol–water partition coefficient (Wildman–Crippen LogP) is 0.241. The number of carboxylic acids is 1. The molecule has 58 valence electrons. The molecule has 0 aliphatic heterocycles. The lowest BCUT2D eigenvalue weighted by Gasteiger charge is -2.01. The molecule has 0 radical (unpaired) electrons. The van der Waals surface area contributed by atoms with E-state index in [-0.39, 0.29) is 6.61 Å². The van der Waals surface area contributed by atoms with E-state index in [1.54, 1.807) is 6.92 Å². The van der Waals surface area contributed by atoms with Gasteiger partial charge in [-0.2, -0.15) is 0 Å². The first-order valence-electron chi connectivity index (χ1n) is 2.63. The van der Waals surface area contributed by atoms with E-state index in [2.05, 4.69) is 4.74 Å². The van der Waals surface area contributed by atoms with Gasteiger partial charge in [0.1, 0.15) is 0 Å². The molecule has 5 heteroatoms. The van der Waals surface area contributed by atoms with E-state index >= 15 is 0 Å². The van der Waals surface area contributed by atoms with Gasteiger partial charge in [-0.25, -0.2) is 9.59 Å². The van der Waals surface area contributed by atoms with Crippen LogP contribution in [0.3, 0.4) is 0 Å². The predicted molar refractivity (Wildman–Crippen MR) is 33.9 cm³/mol. The molecule has 0 rings (SSSR count). The van der Waals surface area contributed by atoms with Gasteiger partial charge in [-0.05, 0) is 6.92 Å². The maximum Gasteiger partial charge on any atom is 0.335 e. The average molecular weight is 167 g/mol. The summed E-state index contributed by atoms with van der Waals surface area (Å²) < 4.78 is 4.31. The molecule has 0 spiro atoms. The van der Waals surface area contributed by atoms with Gasteiger partial charge < -0.3 is 9.84 Å². The molecule has 0 aromatic heterocycles. The van der Waals surface area contributed by atoms with E-state index < -0.39 is 17.3 Å². The van der Waals surface area contributed by atoms with E-state index in [4.69, 9.17) is 16.7 Å². The van der Waals surface area contributed by atoms with Crippen LogP contribution in [0, 0.1) is 0 Å². The van der Waals surface area contributed by atoms with Crippen molar-refractivity contribution in [1.29, 1.82) is 0 Å². The zero-order chi connectivity index (χ0) is 8.15. The summed E-state index contributed by atoms with van der Waals surface area (Å²) in [7, 11) is 0. The number of esters is 1. The summed E-state index contributed by atoms with van der Waals surface area (Å²) in [6, 6.07) is 0. The highest BCUT2D eigenvalue weighted by Crippen LogP contribution is 1.98. The maximum atomic E-state index is 10.4. The number of rotatable bonds is 3. The fourth-order valence-corrected chi connectivity index (χ4v) is 0.379. The van der Waals surface area contributed by atoms with Gasteiger partial charge in [-0.3, -0.25) is 0 Å². The first kappa shape index (κ1) is 9.23. The average Bonchev–Trinajstić information content (AvgIpc) is 1.87. The van der Waals surface area contributed by atoms with Crippen LogP contribution in [0.4, 0.5) is 0 Å². The van der Waals surface area contributed by atoms with Gasteiger partial charge in [-0.15, -0.1) is 0 Å². The Hall–Kier alpha value is -0.770. The van der Waals surface area contributed by atoms with Crippen molar-refractivity contribution in [2.45, 2.75) is 12.3 Å². The summed E-state index contributed by atoms with van der Waals surface area (Å²) in [4.78, 5) is 20.4. The Morgan fingerprint density at radius 2 is 2.20 bits per heavy atom. The number of ether oxygens (including phenoxy) is 1. The Labute approximate surface area is 62.7 Å². The van der Waals surface area contributed by atoms with Crippen LogP contribution in [-0.2, 0) is 14.3 Å². The molecule has 0 saturated carbocycles. The van der Waals surface area contributed by atoms with Crippen LogP contribution in [0.1, 0.15) is 6.92 Å². The van der Waals surface area contributed by atoms with Crippen molar-refractivity contribution in [2.75, 3.05) is 6.61 Å². The standard InChI is InChI=1S/C5H7ClO4/c1-2-10-5(9)3(6)4(7)8/h3H,2H2,1H3,(H,7,8). The minimum atomic E-state index is -1.58. The molecule has 0 heterocycles. The van der Waals surface area contributed by atoms with E-state index in [0.29, 0.717) is 0 Å². The van der Waals surface area contributed by atoms with Crippen molar-refractivity contribution < 1.29 is 19.4 Å². The lowest BCUT2D eigenvalue weighted by Crippen LogP contribution is -2.26. The Morgan fingerprint density at radius 3 is 2.50 bits per heavy atom. The van der Waals surface area contributed by atoms with Crippen LogP contribution in [0.2, 0.25) is 0 Å². The summed E-state index contributed by atoms with van der Waals surface area (Å²) in [6.45, 7) is 1.71. The summed E-state index contributed by atoms with van der Waals surface area (Å²) >= 11 is 5.07. The summed E-state index contributed by atoms with van der Waals surface area (Å²) in [5, 5.41) is 6.56. The van der Waals surface area contributed by atoms with E-state index in [9.17, 15) is 9.59 Å². The summed E-state index contributed by atoms with van der Waals surface area (Å²) in [5.74, 6) is -2.31. The lowest BCUT2D eigenvalue weighted by atomic mass is 10.4. The number of hydrogen-bond acceptors (Lipinski definition) is 3. The molecular weight excluding hydrogens is 160 g/mol. The second-order valence-electron chi connectivity index (χ2n) is 1.45. The van der Waals surface area contributed by atoms with Crippen molar-refractivity contribution in [1.82, 2.24) is 0 Å². The van der Waals surface area contributed by atoms with Crippen LogP contribution in [0.25, 0.3) is 0 Å². The van der Waals surface area contributed by atoms with Crippen molar-refractivity contribution in [3.63, 3.8) is 0 Å². The Bertz CT molecular complexity index is 145. The second-order valence-corrected chi connectivity index (χ2v) is 1.89. The quantitative estimate of drug-likeness (QED) is 0.371. The van der Waals surface area contributed by atoms with Crippen molar-refractivity contribution >= 4 is 23.5 Å². The van der Waals surface area contributed by atoms with Gasteiger partial charge in [0.05, 0.1) is 6.61 Å². The third kappa shape index (κ3) is 2.68. The van der Waals surface area contributed by atoms with Crippen LogP contribution >= 0.6 is 11.6 Å². The lowest BCUT2D eigenvalue weighted by molar-refractivity contribution is -0.150. The van der Waals surface area contributed by atoms with Gasteiger partial charge in [0, 0.05) is 0 Å². The van der Waals surface area contributed by atoms with Gasteiger partial charge in [0.25, 0.3) is 0 Å². The van der Waals surface area contributed by atoms with E-state index in [0.717, 1.165) is 0 Å². The highest BCUT2D eigenvalue weighted by Gasteiger charge is 2.23. The molecule has 0 amide bonds. The number of carbonyl (C=O) groups excluding carboxylic acids is 1. The molecule has 0 aliphatic rings. The van der Waals surface area contributed by atoms with E-state index in [1.807, 2.05) is 0 Å².